The van der Waals surface area contributed by atoms with Crippen LogP contribution in [0.25, 0.3) is 0 Å². The molecule has 190 valence electrons. The predicted molar refractivity (Wildman–Crippen MR) is 139 cm³/mol. The number of nitriles is 1. The molecule has 2 aromatic rings. The third-order valence-corrected chi connectivity index (χ3v) is 7.15. The highest BCUT2D eigenvalue weighted by atomic mass is 16.4. The first-order valence-corrected chi connectivity index (χ1v) is 12.4. The highest BCUT2D eigenvalue weighted by Gasteiger charge is 2.28. The molecule has 3 amide bonds. The summed E-state index contributed by atoms with van der Waals surface area (Å²) >= 11 is 0. The number of carbonyl (C=O) groups is 2. The third kappa shape index (κ3) is 5.89. The Labute approximate surface area is 212 Å². The van der Waals surface area contributed by atoms with Crippen molar-refractivity contribution in [3.05, 3.63) is 59.7 Å². The van der Waals surface area contributed by atoms with Gasteiger partial charge in [0.1, 0.15) is 6.07 Å². The predicted octanol–water partition coefficient (Wildman–Crippen LogP) is 3.88. The third-order valence-electron chi connectivity index (χ3n) is 7.15. The summed E-state index contributed by atoms with van der Waals surface area (Å²) in [6.07, 6.45) is 0.793. The lowest BCUT2D eigenvalue weighted by Crippen LogP contribution is -2.53. The molecule has 1 atom stereocenters. The SMILES string of the molecule is C[C@H]1CN(Cc2ccc(N(C)C(=O)N3CCC(Nc4ccccc4C#N)CC3)cc2)CCN1C(=O)O. The summed E-state index contributed by atoms with van der Waals surface area (Å²) in [6, 6.07) is 17.9. The Kier molecular flexibility index (Phi) is 7.96. The van der Waals surface area contributed by atoms with E-state index in [4.69, 9.17) is 0 Å². The summed E-state index contributed by atoms with van der Waals surface area (Å²) in [7, 11) is 1.80. The second kappa shape index (κ2) is 11.3. The van der Waals surface area contributed by atoms with Gasteiger partial charge in [-0.1, -0.05) is 24.3 Å². The van der Waals surface area contributed by atoms with Crippen LogP contribution in [0.1, 0.15) is 30.9 Å². The average molecular weight is 491 g/mol. The van der Waals surface area contributed by atoms with Crippen molar-refractivity contribution >= 4 is 23.5 Å². The smallest absolute Gasteiger partial charge is 0.407 e. The number of carbonyl (C=O) groups excluding carboxylic acids is 1. The number of nitrogens with one attached hydrogen (secondary N) is 1. The monoisotopic (exact) mass is 490 g/mol. The van der Waals surface area contributed by atoms with Crippen LogP contribution in [0.3, 0.4) is 0 Å². The van der Waals surface area contributed by atoms with E-state index in [1.54, 1.807) is 18.0 Å². The van der Waals surface area contributed by atoms with E-state index in [0.717, 1.165) is 36.3 Å². The highest BCUT2D eigenvalue weighted by Crippen LogP contribution is 2.22. The molecule has 0 unspecified atom stereocenters. The van der Waals surface area contributed by atoms with Gasteiger partial charge in [0.25, 0.3) is 0 Å². The van der Waals surface area contributed by atoms with E-state index < -0.39 is 6.09 Å². The van der Waals surface area contributed by atoms with E-state index >= 15 is 0 Å². The maximum atomic E-state index is 13.1. The van der Waals surface area contributed by atoms with Gasteiger partial charge in [-0.2, -0.15) is 5.26 Å². The molecule has 0 bridgehead atoms. The Morgan fingerprint density at radius 2 is 1.78 bits per heavy atom. The van der Waals surface area contributed by atoms with Crippen LogP contribution >= 0.6 is 0 Å². The molecular weight excluding hydrogens is 456 g/mol. The Morgan fingerprint density at radius 1 is 1.08 bits per heavy atom. The van der Waals surface area contributed by atoms with Crippen LogP contribution in [0.5, 0.6) is 0 Å². The number of urea groups is 1. The Bertz CT molecular complexity index is 1110. The van der Waals surface area contributed by atoms with Crippen LogP contribution in [0.2, 0.25) is 0 Å². The molecule has 9 nitrogen and oxygen atoms in total. The summed E-state index contributed by atoms with van der Waals surface area (Å²) < 4.78 is 0. The van der Waals surface area contributed by atoms with Crippen molar-refractivity contribution in [3.8, 4) is 6.07 Å². The van der Waals surface area contributed by atoms with E-state index in [1.807, 2.05) is 54.3 Å². The summed E-state index contributed by atoms with van der Waals surface area (Å²) in [5, 5.41) is 22.0. The standard InChI is InChI=1S/C27H34N6O3/c1-20-18-31(15-16-33(20)27(35)36)19-21-7-9-24(10-8-21)30(2)26(34)32-13-11-23(12-14-32)29-25-6-4-3-5-22(25)17-28/h3-10,20,23,29H,11-16,18-19H2,1-2H3,(H,35,36)/t20-/m0/s1. The van der Waals surface area contributed by atoms with E-state index in [0.29, 0.717) is 38.3 Å². The minimum Gasteiger partial charge on any atom is -0.465 e. The zero-order valence-electron chi connectivity index (χ0n) is 20.9. The molecule has 9 heteroatoms. The Morgan fingerprint density at radius 3 is 2.42 bits per heavy atom. The molecule has 2 aliphatic heterocycles. The molecule has 2 fully saturated rings. The number of nitrogens with zero attached hydrogens (tertiary/aromatic N) is 5. The number of anilines is 2. The fourth-order valence-electron chi connectivity index (χ4n) is 5.01. The van der Waals surface area contributed by atoms with Gasteiger partial charge in [0.15, 0.2) is 0 Å². The van der Waals surface area contributed by atoms with Crippen molar-refractivity contribution in [3.63, 3.8) is 0 Å². The zero-order chi connectivity index (χ0) is 25.7. The molecule has 2 aromatic carbocycles. The molecule has 0 aromatic heterocycles. The number of benzene rings is 2. The fourth-order valence-corrected chi connectivity index (χ4v) is 5.01. The van der Waals surface area contributed by atoms with E-state index in [-0.39, 0.29) is 18.1 Å². The molecule has 0 spiro atoms. The van der Waals surface area contributed by atoms with Crippen LogP contribution in [0.4, 0.5) is 21.0 Å². The number of piperazine rings is 1. The minimum absolute atomic E-state index is 0.0164. The van der Waals surface area contributed by atoms with E-state index in [9.17, 15) is 20.0 Å². The number of amides is 3. The molecule has 2 N–H and O–H groups in total. The number of rotatable bonds is 5. The van der Waals surface area contributed by atoms with Crippen molar-refractivity contribution < 1.29 is 14.7 Å². The minimum atomic E-state index is -0.857. The molecular formula is C27H34N6O3. The van der Waals surface area contributed by atoms with Crippen LogP contribution in [0.15, 0.2) is 48.5 Å². The first kappa shape index (κ1) is 25.3. The first-order chi connectivity index (χ1) is 17.4. The zero-order valence-corrected chi connectivity index (χ0v) is 20.9. The average Bonchev–Trinajstić information content (AvgIpc) is 2.89. The molecule has 0 radical (unpaired) electrons. The van der Waals surface area contributed by atoms with Gasteiger partial charge in [-0.15, -0.1) is 0 Å². The lowest BCUT2D eigenvalue weighted by molar-refractivity contribution is 0.0711. The van der Waals surface area contributed by atoms with E-state index in [2.05, 4.69) is 16.3 Å². The highest BCUT2D eigenvalue weighted by molar-refractivity contribution is 5.91. The molecule has 4 rings (SSSR count). The maximum Gasteiger partial charge on any atom is 0.407 e. The van der Waals surface area contributed by atoms with Gasteiger partial charge in [-0.25, -0.2) is 9.59 Å². The molecule has 2 aliphatic rings. The topological polar surface area (TPSA) is 103 Å². The lowest BCUT2D eigenvalue weighted by Gasteiger charge is -2.38. The molecule has 2 heterocycles. The number of piperidine rings is 1. The number of para-hydroxylation sites is 1. The van der Waals surface area contributed by atoms with Gasteiger partial charge < -0.3 is 20.2 Å². The van der Waals surface area contributed by atoms with E-state index in [1.165, 1.54) is 4.90 Å². The molecule has 36 heavy (non-hydrogen) atoms. The van der Waals surface area contributed by atoms with Crippen molar-refractivity contribution in [2.75, 3.05) is 50.0 Å². The molecule has 0 saturated carbocycles. The van der Waals surface area contributed by atoms with Crippen molar-refractivity contribution in [2.24, 2.45) is 0 Å². The number of likely N-dealkylation sites (tertiary alicyclic amines) is 1. The summed E-state index contributed by atoms with van der Waals surface area (Å²) in [5.41, 5.74) is 3.47. The second-order valence-electron chi connectivity index (χ2n) is 9.63. The normalized spacial score (nSPS) is 19.0. The largest absolute Gasteiger partial charge is 0.465 e. The summed E-state index contributed by atoms with van der Waals surface area (Å²) in [6.45, 7) is 5.95. The van der Waals surface area contributed by atoms with Gasteiger partial charge in [-0.3, -0.25) is 9.80 Å². The Hall–Kier alpha value is -3.77. The van der Waals surface area contributed by atoms with Gasteiger partial charge in [0, 0.05) is 64.1 Å². The first-order valence-electron chi connectivity index (χ1n) is 12.4. The van der Waals surface area contributed by atoms with Crippen LogP contribution < -0.4 is 10.2 Å². The fraction of sp³-hybridized carbons (Fsp3) is 0.444. The van der Waals surface area contributed by atoms with Crippen molar-refractivity contribution in [1.29, 1.82) is 5.26 Å². The van der Waals surface area contributed by atoms with Gasteiger partial charge in [0.05, 0.1) is 11.3 Å². The van der Waals surface area contributed by atoms with Gasteiger partial charge in [-0.05, 0) is 49.6 Å². The molecule has 2 saturated heterocycles. The second-order valence-corrected chi connectivity index (χ2v) is 9.63. The number of carboxylic acid groups (broad SMARTS) is 1. The van der Waals surface area contributed by atoms with Gasteiger partial charge >= 0.3 is 12.1 Å². The van der Waals surface area contributed by atoms with Crippen LogP contribution in [0, 0.1) is 11.3 Å². The Balaban J connectivity index is 1.27. The number of hydrogen-bond donors (Lipinski definition) is 2. The van der Waals surface area contributed by atoms with Crippen molar-refractivity contribution in [2.45, 2.75) is 38.4 Å². The summed E-state index contributed by atoms with van der Waals surface area (Å²) in [4.78, 5) is 31.7. The van der Waals surface area contributed by atoms with Crippen molar-refractivity contribution in [1.82, 2.24) is 14.7 Å². The lowest BCUT2D eigenvalue weighted by atomic mass is 10.0. The summed E-state index contributed by atoms with van der Waals surface area (Å²) in [5.74, 6) is 0. The van der Waals surface area contributed by atoms with Gasteiger partial charge in [0.2, 0.25) is 0 Å². The molecule has 0 aliphatic carbocycles. The van der Waals surface area contributed by atoms with Crippen LogP contribution in [-0.2, 0) is 6.54 Å². The van der Waals surface area contributed by atoms with Crippen LogP contribution in [-0.4, -0.2) is 83.8 Å². The maximum absolute atomic E-state index is 13.1. The quantitative estimate of drug-likeness (QED) is 0.660. The number of hydrogen-bond acceptors (Lipinski definition) is 5.